The number of nitrogens with one attached hydrogen (secondary N) is 2. The zero-order valence-electron chi connectivity index (χ0n) is 11.6. The number of carbonyl (C=O) groups excluding carboxylic acids is 2. The molecule has 1 rings (SSSR count). The summed E-state index contributed by atoms with van der Waals surface area (Å²) in [6, 6.07) is 6.88. The van der Waals surface area contributed by atoms with Crippen LogP contribution in [0.2, 0.25) is 0 Å². The molecular formula is C14H19ClN2O3. The van der Waals surface area contributed by atoms with E-state index in [1.165, 1.54) is 0 Å². The van der Waals surface area contributed by atoms with Crippen molar-refractivity contribution in [3.05, 3.63) is 29.8 Å². The summed E-state index contributed by atoms with van der Waals surface area (Å²) in [5.74, 6) is 0.288. The standard InChI is InChI=1S/C14H19ClN2O3/c1-3-20-12-6-4-11(5-7-12)14(19)17-9-8-16-13(18)10(2)15/h4-7,10H,3,8-9H2,1-2H3,(H,16,18)(H,17,19). The summed E-state index contributed by atoms with van der Waals surface area (Å²) >= 11 is 5.59. The van der Waals surface area contributed by atoms with E-state index in [-0.39, 0.29) is 11.8 Å². The van der Waals surface area contributed by atoms with Crippen LogP contribution in [-0.4, -0.2) is 36.9 Å². The van der Waals surface area contributed by atoms with Gasteiger partial charge in [0.1, 0.15) is 11.1 Å². The maximum absolute atomic E-state index is 11.8. The number of alkyl halides is 1. The van der Waals surface area contributed by atoms with Crippen molar-refractivity contribution in [1.29, 1.82) is 0 Å². The normalized spacial score (nSPS) is 11.6. The quantitative estimate of drug-likeness (QED) is 0.593. The molecule has 2 amide bonds. The number of amides is 2. The van der Waals surface area contributed by atoms with Crippen LogP contribution < -0.4 is 15.4 Å². The van der Waals surface area contributed by atoms with Crippen LogP contribution in [0.5, 0.6) is 5.75 Å². The fourth-order valence-electron chi connectivity index (χ4n) is 1.47. The first-order chi connectivity index (χ1) is 9.54. The zero-order chi connectivity index (χ0) is 15.0. The molecule has 0 radical (unpaired) electrons. The molecule has 0 bridgehead atoms. The molecule has 0 heterocycles. The monoisotopic (exact) mass is 298 g/mol. The highest BCUT2D eigenvalue weighted by Gasteiger charge is 2.08. The van der Waals surface area contributed by atoms with Gasteiger partial charge in [0.15, 0.2) is 0 Å². The highest BCUT2D eigenvalue weighted by molar-refractivity contribution is 6.30. The van der Waals surface area contributed by atoms with Gasteiger partial charge in [-0.1, -0.05) is 0 Å². The van der Waals surface area contributed by atoms with Gasteiger partial charge in [0.2, 0.25) is 5.91 Å². The molecule has 1 aromatic rings. The fraction of sp³-hybridized carbons (Fsp3) is 0.429. The number of ether oxygens (including phenoxy) is 1. The van der Waals surface area contributed by atoms with E-state index >= 15 is 0 Å². The number of rotatable bonds is 7. The van der Waals surface area contributed by atoms with E-state index < -0.39 is 5.38 Å². The van der Waals surface area contributed by atoms with Gasteiger partial charge in [-0.2, -0.15) is 0 Å². The predicted molar refractivity (Wildman–Crippen MR) is 78.3 cm³/mol. The third-order valence-corrected chi connectivity index (χ3v) is 2.70. The summed E-state index contributed by atoms with van der Waals surface area (Å²) in [4.78, 5) is 23.0. The van der Waals surface area contributed by atoms with Crippen LogP contribution in [0.4, 0.5) is 0 Å². The van der Waals surface area contributed by atoms with Crippen LogP contribution in [0.15, 0.2) is 24.3 Å². The molecule has 1 unspecified atom stereocenters. The molecule has 0 saturated heterocycles. The van der Waals surface area contributed by atoms with Crippen molar-refractivity contribution in [2.45, 2.75) is 19.2 Å². The summed E-state index contributed by atoms with van der Waals surface area (Å²) < 4.78 is 5.30. The summed E-state index contributed by atoms with van der Waals surface area (Å²) in [5, 5.41) is 4.74. The molecule has 0 aliphatic heterocycles. The number of halogens is 1. The van der Waals surface area contributed by atoms with Gasteiger partial charge >= 0.3 is 0 Å². The second-order valence-corrected chi connectivity index (χ2v) is 4.77. The molecule has 0 fully saturated rings. The first kappa shape index (κ1) is 16.3. The van der Waals surface area contributed by atoms with Crippen molar-refractivity contribution in [3.8, 4) is 5.75 Å². The van der Waals surface area contributed by atoms with Crippen LogP contribution in [0.1, 0.15) is 24.2 Å². The Kier molecular flexibility index (Phi) is 6.87. The minimum Gasteiger partial charge on any atom is -0.494 e. The Morgan fingerprint density at radius 3 is 2.35 bits per heavy atom. The average Bonchev–Trinajstić information content (AvgIpc) is 2.44. The van der Waals surface area contributed by atoms with Gasteiger partial charge in [-0.3, -0.25) is 9.59 Å². The first-order valence-corrected chi connectivity index (χ1v) is 6.91. The van der Waals surface area contributed by atoms with Gasteiger partial charge in [0, 0.05) is 18.7 Å². The Labute approximate surface area is 123 Å². The molecule has 110 valence electrons. The molecule has 2 N–H and O–H groups in total. The lowest BCUT2D eigenvalue weighted by molar-refractivity contribution is -0.120. The topological polar surface area (TPSA) is 67.4 Å². The highest BCUT2D eigenvalue weighted by Crippen LogP contribution is 2.11. The van der Waals surface area contributed by atoms with Crippen molar-refractivity contribution in [2.24, 2.45) is 0 Å². The number of hydrogen-bond acceptors (Lipinski definition) is 3. The number of carbonyl (C=O) groups is 2. The molecule has 5 nitrogen and oxygen atoms in total. The molecule has 0 aliphatic carbocycles. The van der Waals surface area contributed by atoms with Gasteiger partial charge < -0.3 is 15.4 Å². The van der Waals surface area contributed by atoms with E-state index in [0.717, 1.165) is 5.75 Å². The van der Waals surface area contributed by atoms with E-state index in [1.807, 2.05) is 6.92 Å². The van der Waals surface area contributed by atoms with E-state index in [4.69, 9.17) is 16.3 Å². The van der Waals surface area contributed by atoms with E-state index in [0.29, 0.717) is 25.3 Å². The summed E-state index contributed by atoms with van der Waals surface area (Å²) in [6.45, 7) is 4.77. The second-order valence-electron chi connectivity index (χ2n) is 4.12. The summed E-state index contributed by atoms with van der Waals surface area (Å²) in [5.41, 5.74) is 0.547. The lowest BCUT2D eigenvalue weighted by atomic mass is 10.2. The van der Waals surface area contributed by atoms with Crippen LogP contribution in [0, 0.1) is 0 Å². The molecule has 0 saturated carbocycles. The van der Waals surface area contributed by atoms with Crippen LogP contribution >= 0.6 is 11.6 Å². The Morgan fingerprint density at radius 1 is 1.20 bits per heavy atom. The smallest absolute Gasteiger partial charge is 0.251 e. The Bertz CT molecular complexity index is 446. The third-order valence-electron chi connectivity index (χ3n) is 2.50. The van der Waals surface area contributed by atoms with Gasteiger partial charge in [-0.05, 0) is 38.1 Å². The Hall–Kier alpha value is -1.75. The van der Waals surface area contributed by atoms with Crippen molar-refractivity contribution in [2.75, 3.05) is 19.7 Å². The van der Waals surface area contributed by atoms with Crippen LogP contribution in [0.25, 0.3) is 0 Å². The summed E-state index contributed by atoms with van der Waals surface area (Å²) in [6.07, 6.45) is 0. The van der Waals surface area contributed by atoms with Crippen molar-refractivity contribution < 1.29 is 14.3 Å². The van der Waals surface area contributed by atoms with E-state index in [1.54, 1.807) is 31.2 Å². The largest absolute Gasteiger partial charge is 0.494 e. The van der Waals surface area contributed by atoms with Gasteiger partial charge in [-0.25, -0.2) is 0 Å². The minimum atomic E-state index is -0.572. The molecule has 1 atom stereocenters. The maximum atomic E-state index is 11.8. The van der Waals surface area contributed by atoms with Crippen molar-refractivity contribution in [1.82, 2.24) is 10.6 Å². The SMILES string of the molecule is CCOc1ccc(C(=O)NCCNC(=O)C(C)Cl)cc1. The molecule has 0 aliphatic rings. The van der Waals surface area contributed by atoms with Gasteiger partial charge in [0.05, 0.1) is 6.61 Å². The Morgan fingerprint density at radius 2 is 1.80 bits per heavy atom. The minimum absolute atomic E-state index is 0.193. The van der Waals surface area contributed by atoms with Gasteiger partial charge in [0.25, 0.3) is 5.91 Å². The van der Waals surface area contributed by atoms with Crippen LogP contribution in [0.3, 0.4) is 0 Å². The molecular weight excluding hydrogens is 280 g/mol. The zero-order valence-corrected chi connectivity index (χ0v) is 12.4. The molecule has 20 heavy (non-hydrogen) atoms. The molecule has 0 spiro atoms. The second kappa shape index (κ2) is 8.43. The fourth-order valence-corrected chi connectivity index (χ4v) is 1.55. The van der Waals surface area contributed by atoms with Crippen molar-refractivity contribution in [3.63, 3.8) is 0 Å². The first-order valence-electron chi connectivity index (χ1n) is 6.47. The van der Waals surface area contributed by atoms with Crippen LogP contribution in [-0.2, 0) is 4.79 Å². The number of hydrogen-bond donors (Lipinski definition) is 2. The molecule has 6 heteroatoms. The molecule has 1 aromatic carbocycles. The third kappa shape index (κ3) is 5.48. The number of benzene rings is 1. The maximum Gasteiger partial charge on any atom is 0.251 e. The summed E-state index contributed by atoms with van der Waals surface area (Å²) in [7, 11) is 0. The van der Waals surface area contributed by atoms with E-state index in [9.17, 15) is 9.59 Å². The van der Waals surface area contributed by atoms with E-state index in [2.05, 4.69) is 10.6 Å². The Balaban J connectivity index is 2.34. The lowest BCUT2D eigenvalue weighted by Crippen LogP contribution is -2.37. The molecule has 0 aromatic heterocycles. The highest BCUT2D eigenvalue weighted by atomic mass is 35.5. The van der Waals surface area contributed by atoms with Crippen molar-refractivity contribution >= 4 is 23.4 Å². The lowest BCUT2D eigenvalue weighted by Gasteiger charge is -2.08. The predicted octanol–water partition coefficient (Wildman–Crippen LogP) is 1.56. The average molecular weight is 299 g/mol. The van der Waals surface area contributed by atoms with Gasteiger partial charge in [-0.15, -0.1) is 11.6 Å².